The molecule has 14 heteroatoms. The molecule has 1 aliphatic carbocycles. The highest BCUT2D eigenvalue weighted by atomic mass is 16.6. The number of esters is 1. The molecule has 0 radical (unpaired) electrons. The number of Topliss-reactive ketones (excluding diaryl/α,β-unsaturated/α-hetero) is 3. The number of methoxy groups -OCH3 is 3. The minimum atomic E-state index is -2.43. The molecule has 14 nitrogen and oxygen atoms in total. The topological polar surface area (TPSA) is 195 Å². The number of piperidine rings is 1. The second-order valence-electron chi connectivity index (χ2n) is 19.6. The average molecular weight is 914 g/mol. The van der Waals surface area contributed by atoms with E-state index in [1.54, 1.807) is 41.1 Å². The molecule has 3 heterocycles. The lowest BCUT2D eigenvalue weighted by Gasteiger charge is -2.42. The van der Waals surface area contributed by atoms with E-state index in [2.05, 4.69) is 0 Å². The number of hydrogen-bond donors (Lipinski definition) is 3. The molecular weight excluding hydrogens is 835 g/mol. The van der Waals surface area contributed by atoms with E-state index in [0.29, 0.717) is 63.4 Å². The molecule has 65 heavy (non-hydrogen) atoms. The molecule has 3 fully saturated rings. The summed E-state index contributed by atoms with van der Waals surface area (Å²) in [5, 5.41) is 33.8. The largest absolute Gasteiger partial charge is 0.460 e. The van der Waals surface area contributed by atoms with Gasteiger partial charge in [-0.15, -0.1) is 0 Å². The number of ether oxygens (including phenoxy) is 5. The highest BCUT2D eigenvalue weighted by Gasteiger charge is 2.53. The summed E-state index contributed by atoms with van der Waals surface area (Å²) >= 11 is 0. The molecule has 3 N–H and O–H groups in total. The van der Waals surface area contributed by atoms with Gasteiger partial charge < -0.3 is 43.9 Å². The minimum Gasteiger partial charge on any atom is -0.460 e. The third kappa shape index (κ3) is 14.3. The van der Waals surface area contributed by atoms with Gasteiger partial charge in [-0.2, -0.15) is 0 Å². The van der Waals surface area contributed by atoms with E-state index >= 15 is 0 Å². The van der Waals surface area contributed by atoms with Crippen LogP contribution in [0.15, 0.2) is 47.6 Å². The number of aliphatic hydroxyl groups is 3. The van der Waals surface area contributed by atoms with E-state index in [9.17, 15) is 39.3 Å². The summed E-state index contributed by atoms with van der Waals surface area (Å²) in [5.74, 6) is -7.96. The van der Waals surface area contributed by atoms with E-state index < -0.39 is 83.9 Å². The molecular formula is C51H79NO13. The van der Waals surface area contributed by atoms with Gasteiger partial charge in [-0.05, 0) is 107 Å². The molecule has 2 unspecified atom stereocenters. The number of carbonyl (C=O) groups is 5. The number of ketones is 3. The average Bonchev–Trinajstić information content (AvgIpc) is 3.28. The molecule has 1 amide bonds. The van der Waals surface area contributed by atoms with E-state index in [1.807, 2.05) is 58.1 Å². The number of nitrogens with zero attached hydrogens (tertiary/aromatic N) is 1. The van der Waals surface area contributed by atoms with Crippen LogP contribution in [0.25, 0.3) is 0 Å². The lowest BCUT2D eigenvalue weighted by molar-refractivity contribution is -0.265. The van der Waals surface area contributed by atoms with Gasteiger partial charge in [-0.25, -0.2) is 4.79 Å². The number of rotatable bonds is 6. The molecule has 1 saturated carbocycles. The predicted octanol–water partition coefficient (Wildman–Crippen LogP) is 6.18. The lowest BCUT2D eigenvalue weighted by Crippen LogP contribution is -2.61. The first-order chi connectivity index (χ1) is 30.7. The Morgan fingerprint density at radius 2 is 1.57 bits per heavy atom. The van der Waals surface area contributed by atoms with Crippen LogP contribution >= 0.6 is 0 Å². The summed E-state index contributed by atoms with van der Waals surface area (Å²) in [4.78, 5) is 71.8. The highest BCUT2D eigenvalue weighted by Crippen LogP contribution is 2.38. The summed E-state index contributed by atoms with van der Waals surface area (Å²) in [6.07, 6.45) is 11.2. The van der Waals surface area contributed by atoms with E-state index in [0.717, 1.165) is 12.0 Å². The monoisotopic (exact) mass is 914 g/mol. The number of cyclic esters (lactones) is 1. The number of amides is 1. The maximum Gasteiger partial charge on any atom is 0.329 e. The van der Waals surface area contributed by atoms with E-state index in [4.69, 9.17) is 23.7 Å². The van der Waals surface area contributed by atoms with Crippen LogP contribution in [0.4, 0.5) is 0 Å². The van der Waals surface area contributed by atoms with Gasteiger partial charge >= 0.3 is 5.97 Å². The number of allylic oxidation sites excluding steroid dienone is 6. The standard InChI is InChI=1S/C51H79NO13/c1-30-16-12-11-13-17-31(2)42(61-8)28-38-21-19-36(7)51(60,65-38)48(57)49(58)52-23-15-14-18-39(52)50(59)64-43(33(4)26-37-20-22-40(53)44(27-37)62-9)29-41(54)32(3)25-35(6)46(56)47(63-10)45(55)34(5)24-30/h11-13,16-17,25,30,32-34,36-40,42-44,46-47,53,56,60H,14-15,18-24,26-29H2,1-10H3/b13-11+,16-12+,31-17+,35-25+/t30-,32-,33-,34-,36-,37+,38?,39+,40-,42+,43?,44-,46-,47+,51-/m1/s1. The van der Waals surface area contributed by atoms with Crippen molar-refractivity contribution >= 4 is 29.2 Å². The van der Waals surface area contributed by atoms with Crippen LogP contribution in [-0.4, -0.2) is 132 Å². The van der Waals surface area contributed by atoms with Crippen molar-refractivity contribution in [3.8, 4) is 0 Å². The Kier molecular flexibility index (Phi) is 21.0. The summed E-state index contributed by atoms with van der Waals surface area (Å²) in [7, 11) is 4.52. The Morgan fingerprint density at radius 3 is 2.25 bits per heavy atom. The normalized spacial score (nSPS) is 40.4. The summed E-state index contributed by atoms with van der Waals surface area (Å²) < 4.78 is 29.4. The highest BCUT2D eigenvalue weighted by molar-refractivity contribution is 6.39. The second kappa shape index (κ2) is 25.1. The Labute approximate surface area is 387 Å². The SMILES string of the molecule is CO[C@H]1CC2CC[C@@H](C)[C@@](O)(O2)C(=O)C(=O)N2CCCC[C@H]2C(=O)OC([C@H](C)C[C@@H]2CC[C@@H](O)[C@H](OC)C2)CC(=O)[C@H](C)/C=C(\C)[C@@H](O)[C@@H](OC)C(=O)[C@H](C)C[C@H](C)/C=C/C=C/C=C/1C. The number of hydrogen-bond acceptors (Lipinski definition) is 13. The van der Waals surface area contributed by atoms with Gasteiger partial charge in [0.25, 0.3) is 11.7 Å². The number of aliphatic hydroxyl groups excluding tert-OH is 2. The van der Waals surface area contributed by atoms with Gasteiger partial charge in [-0.1, -0.05) is 71.1 Å². The number of carbonyl (C=O) groups excluding carboxylic acids is 5. The van der Waals surface area contributed by atoms with E-state index in [-0.39, 0.29) is 54.8 Å². The van der Waals surface area contributed by atoms with Gasteiger partial charge in [0, 0.05) is 58.5 Å². The van der Waals surface area contributed by atoms with Crippen molar-refractivity contribution in [1.82, 2.24) is 4.90 Å². The molecule has 0 aromatic carbocycles. The molecule has 366 valence electrons. The van der Waals surface area contributed by atoms with Crippen LogP contribution in [0.5, 0.6) is 0 Å². The van der Waals surface area contributed by atoms with Gasteiger partial charge in [0.05, 0.1) is 24.4 Å². The second-order valence-corrected chi connectivity index (χ2v) is 19.6. The fourth-order valence-electron chi connectivity index (χ4n) is 10.1. The van der Waals surface area contributed by atoms with Gasteiger partial charge in [0.1, 0.15) is 30.1 Å². The van der Waals surface area contributed by atoms with Crippen molar-refractivity contribution in [2.75, 3.05) is 27.9 Å². The van der Waals surface area contributed by atoms with E-state index in [1.165, 1.54) is 12.0 Å². The molecule has 0 aromatic rings. The molecule has 0 aromatic heterocycles. The third-order valence-electron chi connectivity index (χ3n) is 14.5. The van der Waals surface area contributed by atoms with Crippen molar-refractivity contribution < 1.29 is 63.0 Å². The third-order valence-corrected chi connectivity index (χ3v) is 14.5. The first-order valence-electron chi connectivity index (χ1n) is 23.9. The van der Waals surface area contributed by atoms with Crippen molar-refractivity contribution in [3.63, 3.8) is 0 Å². The maximum absolute atomic E-state index is 14.4. The van der Waals surface area contributed by atoms with Crippen molar-refractivity contribution in [2.24, 2.45) is 35.5 Å². The summed E-state index contributed by atoms with van der Waals surface area (Å²) in [5.41, 5.74) is 1.27. The van der Waals surface area contributed by atoms with Gasteiger partial charge in [0.2, 0.25) is 5.79 Å². The van der Waals surface area contributed by atoms with Crippen LogP contribution in [0.2, 0.25) is 0 Å². The fourth-order valence-corrected chi connectivity index (χ4v) is 10.1. The van der Waals surface area contributed by atoms with Crippen LogP contribution in [-0.2, 0) is 47.7 Å². The van der Waals surface area contributed by atoms with Crippen molar-refractivity contribution in [3.05, 3.63) is 47.6 Å². The molecule has 15 atom stereocenters. The van der Waals surface area contributed by atoms with Gasteiger partial charge in [0.15, 0.2) is 5.78 Å². The van der Waals surface area contributed by atoms with Crippen LogP contribution in [0.1, 0.15) is 126 Å². The minimum absolute atomic E-state index is 0.0193. The molecule has 3 aliphatic heterocycles. The molecule has 0 spiro atoms. The van der Waals surface area contributed by atoms with Crippen LogP contribution < -0.4 is 0 Å². The predicted molar refractivity (Wildman–Crippen MR) is 245 cm³/mol. The van der Waals surface area contributed by atoms with Gasteiger partial charge in [-0.3, -0.25) is 19.2 Å². The zero-order valence-electron chi connectivity index (χ0n) is 40.6. The van der Waals surface area contributed by atoms with Crippen molar-refractivity contribution in [2.45, 2.75) is 180 Å². The Hall–Kier alpha value is -3.37. The molecule has 2 bridgehead atoms. The summed E-state index contributed by atoms with van der Waals surface area (Å²) in [6, 6.07) is -1.14. The Balaban J connectivity index is 1.70. The summed E-state index contributed by atoms with van der Waals surface area (Å²) in [6.45, 7) is 12.7. The molecule has 4 rings (SSSR count). The van der Waals surface area contributed by atoms with Crippen LogP contribution in [0.3, 0.4) is 0 Å². The first kappa shape index (κ1) is 54.2. The zero-order valence-corrected chi connectivity index (χ0v) is 40.6. The van der Waals surface area contributed by atoms with Crippen LogP contribution in [0, 0.1) is 35.5 Å². The fraction of sp³-hybridized carbons (Fsp3) is 0.745. The Bertz CT molecular complexity index is 1760. The first-order valence-corrected chi connectivity index (χ1v) is 23.9. The maximum atomic E-state index is 14.4. The molecule has 4 aliphatic rings. The smallest absolute Gasteiger partial charge is 0.329 e. The zero-order chi connectivity index (χ0) is 48.2. The Morgan fingerprint density at radius 1 is 0.846 bits per heavy atom. The molecule has 2 saturated heterocycles. The lowest BCUT2D eigenvalue weighted by atomic mass is 9.78. The quantitative estimate of drug-likeness (QED) is 0.156. The number of fused-ring (bicyclic) bond motifs is 3. The van der Waals surface area contributed by atoms with Crippen molar-refractivity contribution in [1.29, 1.82) is 0 Å².